The summed E-state index contributed by atoms with van der Waals surface area (Å²) in [5, 5.41) is 16.5. The minimum atomic E-state index is -1.05. The zero-order valence-corrected chi connectivity index (χ0v) is 20.2. The number of thioether (sulfide) groups is 1. The predicted octanol–water partition coefficient (Wildman–Crippen LogP) is 6.55. The van der Waals surface area contributed by atoms with Gasteiger partial charge in [0.15, 0.2) is 0 Å². The molecule has 34 heavy (non-hydrogen) atoms. The van der Waals surface area contributed by atoms with E-state index in [2.05, 4.69) is 46.0 Å². The highest BCUT2D eigenvalue weighted by atomic mass is 32.2. The Morgan fingerprint density at radius 3 is 2.47 bits per heavy atom. The van der Waals surface area contributed by atoms with Crippen molar-refractivity contribution in [3.8, 4) is 22.5 Å². The maximum Gasteiger partial charge on any atom is 0.405 e. The Kier molecular flexibility index (Phi) is 7.03. The van der Waals surface area contributed by atoms with Crippen LogP contribution in [0.1, 0.15) is 30.4 Å². The van der Waals surface area contributed by atoms with E-state index in [9.17, 15) is 9.90 Å². The molecule has 0 fully saturated rings. The molecule has 0 spiro atoms. The van der Waals surface area contributed by atoms with Crippen molar-refractivity contribution in [1.29, 1.82) is 0 Å². The number of aryl methyl sites for hydroxylation is 1. The molecule has 0 saturated heterocycles. The minimum absolute atomic E-state index is 0.487. The van der Waals surface area contributed by atoms with Crippen LogP contribution in [0.3, 0.4) is 0 Å². The summed E-state index contributed by atoms with van der Waals surface area (Å²) in [7, 11) is 0. The maximum atomic E-state index is 11.9. The third-order valence-corrected chi connectivity index (χ3v) is 6.82. The van der Waals surface area contributed by atoms with Crippen LogP contribution in [0.4, 0.5) is 4.79 Å². The Morgan fingerprint density at radius 1 is 1.06 bits per heavy atom. The van der Waals surface area contributed by atoms with E-state index in [-0.39, 0.29) is 0 Å². The van der Waals surface area contributed by atoms with Crippen molar-refractivity contribution in [2.75, 3.05) is 6.26 Å². The van der Waals surface area contributed by atoms with Crippen LogP contribution in [0, 0.1) is 6.92 Å². The zero-order chi connectivity index (χ0) is 24.1. The van der Waals surface area contributed by atoms with Crippen molar-refractivity contribution in [1.82, 2.24) is 15.5 Å². The molecule has 1 heterocycles. The molecule has 7 heteroatoms. The van der Waals surface area contributed by atoms with Gasteiger partial charge in [-0.2, -0.15) is 4.98 Å². The Bertz CT molecular complexity index is 1290. The van der Waals surface area contributed by atoms with Crippen LogP contribution in [-0.2, 0) is 12.0 Å². The largest absolute Gasteiger partial charge is 0.465 e. The van der Waals surface area contributed by atoms with Crippen LogP contribution in [0.25, 0.3) is 22.5 Å². The van der Waals surface area contributed by atoms with Gasteiger partial charge in [0.25, 0.3) is 0 Å². The first-order valence-electron chi connectivity index (χ1n) is 11.1. The van der Waals surface area contributed by atoms with Gasteiger partial charge in [0, 0.05) is 17.4 Å². The van der Waals surface area contributed by atoms with E-state index in [1.165, 1.54) is 4.90 Å². The predicted molar refractivity (Wildman–Crippen MR) is 135 cm³/mol. The lowest BCUT2D eigenvalue weighted by Gasteiger charge is -2.34. The van der Waals surface area contributed by atoms with Gasteiger partial charge in [0.05, 0.1) is 5.54 Å². The van der Waals surface area contributed by atoms with Gasteiger partial charge in [-0.05, 0) is 53.5 Å². The van der Waals surface area contributed by atoms with Gasteiger partial charge in [-0.15, -0.1) is 11.8 Å². The highest BCUT2D eigenvalue weighted by molar-refractivity contribution is 7.98. The molecule has 0 aliphatic rings. The standard InChI is InChI=1S/C27H27N3O3S/c1-4-27(29-26(31)32,17-19-8-7-9-21(16-19)25-28-18(2)33-30-25)22-14-12-20(13-15-22)23-10-5-6-11-24(23)34-3/h5-16,29H,4,17H2,1-3H3,(H,31,32). The molecule has 0 aliphatic heterocycles. The summed E-state index contributed by atoms with van der Waals surface area (Å²) in [6.45, 7) is 3.75. The van der Waals surface area contributed by atoms with Crippen molar-refractivity contribution in [2.24, 2.45) is 0 Å². The second kappa shape index (κ2) is 10.1. The molecule has 6 nitrogen and oxygen atoms in total. The van der Waals surface area contributed by atoms with Crippen molar-refractivity contribution in [3.05, 3.63) is 89.8 Å². The number of aromatic nitrogens is 2. The second-order valence-corrected chi connectivity index (χ2v) is 9.01. The first-order chi connectivity index (χ1) is 16.4. The van der Waals surface area contributed by atoms with Crippen molar-refractivity contribution < 1.29 is 14.4 Å². The normalized spacial score (nSPS) is 12.8. The van der Waals surface area contributed by atoms with Crippen LogP contribution in [0.2, 0.25) is 0 Å². The average Bonchev–Trinajstić information content (AvgIpc) is 3.30. The summed E-state index contributed by atoms with van der Waals surface area (Å²) in [4.78, 5) is 17.4. The van der Waals surface area contributed by atoms with E-state index in [0.717, 1.165) is 27.8 Å². The summed E-state index contributed by atoms with van der Waals surface area (Å²) in [5.41, 5.74) is 4.21. The number of amides is 1. The SMILES string of the molecule is CCC(Cc1cccc(-c2noc(C)n2)c1)(NC(=O)O)c1ccc(-c2ccccc2SC)cc1. The summed E-state index contributed by atoms with van der Waals surface area (Å²) in [6.07, 6.45) is 2.09. The van der Waals surface area contributed by atoms with Crippen molar-refractivity contribution >= 4 is 17.9 Å². The Balaban J connectivity index is 1.70. The Hall–Kier alpha value is -3.58. The van der Waals surface area contributed by atoms with Crippen molar-refractivity contribution in [2.45, 2.75) is 37.1 Å². The Morgan fingerprint density at radius 2 is 1.82 bits per heavy atom. The van der Waals surface area contributed by atoms with Gasteiger partial charge in [0.1, 0.15) is 0 Å². The smallest absolute Gasteiger partial charge is 0.405 e. The molecule has 1 unspecified atom stereocenters. The van der Waals surface area contributed by atoms with Gasteiger partial charge < -0.3 is 14.9 Å². The first kappa shape index (κ1) is 23.6. The fourth-order valence-corrected chi connectivity index (χ4v) is 4.90. The number of benzene rings is 3. The summed E-state index contributed by atoms with van der Waals surface area (Å²) >= 11 is 1.71. The fourth-order valence-electron chi connectivity index (χ4n) is 4.28. The fraction of sp³-hybridized carbons (Fsp3) is 0.222. The highest BCUT2D eigenvalue weighted by Gasteiger charge is 2.33. The molecule has 1 aromatic heterocycles. The number of carbonyl (C=O) groups is 1. The lowest BCUT2D eigenvalue weighted by Crippen LogP contribution is -2.46. The Labute approximate surface area is 203 Å². The quantitative estimate of drug-likeness (QED) is 0.282. The third-order valence-electron chi connectivity index (χ3n) is 6.02. The number of carboxylic acid groups (broad SMARTS) is 1. The highest BCUT2D eigenvalue weighted by Crippen LogP contribution is 2.34. The van der Waals surface area contributed by atoms with E-state index in [1.54, 1.807) is 18.7 Å². The molecule has 4 rings (SSSR count). The van der Waals surface area contributed by atoms with E-state index in [0.29, 0.717) is 24.6 Å². The molecule has 0 radical (unpaired) electrons. The van der Waals surface area contributed by atoms with Crippen LogP contribution >= 0.6 is 11.8 Å². The summed E-state index contributed by atoms with van der Waals surface area (Å²) < 4.78 is 5.11. The molecule has 4 aromatic rings. The van der Waals surface area contributed by atoms with E-state index >= 15 is 0 Å². The first-order valence-corrected chi connectivity index (χ1v) is 12.3. The molecule has 0 saturated carbocycles. The molecular formula is C27H27N3O3S. The molecule has 0 aliphatic carbocycles. The van der Waals surface area contributed by atoms with Gasteiger partial charge in [0.2, 0.25) is 11.7 Å². The van der Waals surface area contributed by atoms with E-state index < -0.39 is 11.6 Å². The average molecular weight is 474 g/mol. The second-order valence-electron chi connectivity index (χ2n) is 8.16. The zero-order valence-electron chi connectivity index (χ0n) is 19.4. The molecule has 174 valence electrons. The molecule has 1 amide bonds. The number of nitrogens with one attached hydrogen (secondary N) is 1. The summed E-state index contributed by atoms with van der Waals surface area (Å²) in [6, 6.07) is 24.3. The molecular weight excluding hydrogens is 446 g/mol. The number of hydrogen-bond acceptors (Lipinski definition) is 5. The van der Waals surface area contributed by atoms with Crippen LogP contribution < -0.4 is 5.32 Å². The number of hydrogen-bond donors (Lipinski definition) is 2. The number of rotatable bonds is 8. The van der Waals surface area contributed by atoms with Gasteiger partial charge in [-0.25, -0.2) is 4.79 Å². The maximum absolute atomic E-state index is 11.9. The van der Waals surface area contributed by atoms with Crippen LogP contribution in [0.15, 0.2) is 82.2 Å². The minimum Gasteiger partial charge on any atom is -0.465 e. The van der Waals surface area contributed by atoms with Crippen LogP contribution in [0.5, 0.6) is 0 Å². The lowest BCUT2D eigenvalue weighted by molar-refractivity contribution is 0.175. The van der Waals surface area contributed by atoms with Gasteiger partial charge >= 0.3 is 6.09 Å². The molecule has 2 N–H and O–H groups in total. The molecule has 1 atom stereocenters. The van der Waals surface area contributed by atoms with E-state index in [4.69, 9.17) is 4.52 Å². The number of nitrogens with zero attached hydrogens (tertiary/aromatic N) is 2. The topological polar surface area (TPSA) is 88.3 Å². The van der Waals surface area contributed by atoms with Gasteiger partial charge in [-0.3, -0.25) is 0 Å². The van der Waals surface area contributed by atoms with Crippen molar-refractivity contribution in [3.63, 3.8) is 0 Å². The lowest BCUT2D eigenvalue weighted by atomic mass is 9.80. The van der Waals surface area contributed by atoms with Crippen LogP contribution in [-0.4, -0.2) is 27.6 Å². The van der Waals surface area contributed by atoms with E-state index in [1.807, 2.05) is 55.5 Å². The third kappa shape index (κ3) is 4.99. The van der Waals surface area contributed by atoms with Gasteiger partial charge in [-0.1, -0.05) is 72.7 Å². The summed E-state index contributed by atoms with van der Waals surface area (Å²) in [5.74, 6) is 1.02. The molecule has 3 aromatic carbocycles. The monoisotopic (exact) mass is 473 g/mol. The molecule has 0 bridgehead atoms.